The Morgan fingerprint density at radius 3 is 2.79 bits per heavy atom. The molecule has 2 rings (SSSR count). The van der Waals surface area contributed by atoms with Gasteiger partial charge in [-0.15, -0.1) is 0 Å². The minimum absolute atomic E-state index is 0.226. The number of hydrogen-bond donors (Lipinski definition) is 1. The minimum atomic E-state index is -0.270. The third kappa shape index (κ3) is 1.61. The van der Waals surface area contributed by atoms with Crippen molar-refractivity contribution in [2.75, 3.05) is 0 Å². The van der Waals surface area contributed by atoms with Gasteiger partial charge in [0.05, 0.1) is 0 Å². The molecule has 3 nitrogen and oxygen atoms in total. The van der Waals surface area contributed by atoms with E-state index in [1.807, 2.05) is 0 Å². The number of aromatic amines is 1. The van der Waals surface area contributed by atoms with Crippen molar-refractivity contribution in [2.24, 2.45) is 0 Å². The molecule has 1 heterocycles. The summed E-state index contributed by atoms with van der Waals surface area (Å²) in [6.07, 6.45) is 0. The van der Waals surface area contributed by atoms with E-state index in [1.54, 1.807) is 13.0 Å². The molecule has 1 N–H and O–H groups in total. The molecule has 5 heteroatoms. The van der Waals surface area contributed by atoms with Gasteiger partial charge in [-0.05, 0) is 42.3 Å². The molecule has 0 unspecified atom stereocenters. The van der Waals surface area contributed by atoms with Gasteiger partial charge in [-0.2, -0.15) is 10.1 Å². The van der Waals surface area contributed by atoms with Crippen molar-refractivity contribution in [1.29, 1.82) is 0 Å². The predicted molar refractivity (Wildman–Crippen MR) is 51.5 cm³/mol. The van der Waals surface area contributed by atoms with Crippen LogP contribution in [0.2, 0.25) is 5.28 Å². The van der Waals surface area contributed by atoms with E-state index < -0.39 is 0 Å². The number of aryl methyl sites for hydroxylation is 1. The highest BCUT2D eigenvalue weighted by Crippen LogP contribution is 2.20. The van der Waals surface area contributed by atoms with Gasteiger partial charge >= 0.3 is 0 Å². The van der Waals surface area contributed by atoms with Gasteiger partial charge in [0.2, 0.25) is 5.28 Å². The molecule has 0 fully saturated rings. The molecule has 0 spiro atoms. The molecule has 72 valence electrons. The number of aromatic nitrogens is 3. The number of H-pyrrole nitrogens is 1. The van der Waals surface area contributed by atoms with Crippen LogP contribution in [0.1, 0.15) is 5.56 Å². The van der Waals surface area contributed by atoms with E-state index in [-0.39, 0.29) is 11.1 Å². The second-order valence-corrected chi connectivity index (χ2v) is 3.27. The Balaban J connectivity index is 2.52. The third-order valence-electron chi connectivity index (χ3n) is 1.89. The van der Waals surface area contributed by atoms with Crippen molar-refractivity contribution >= 4 is 11.6 Å². The first kappa shape index (κ1) is 9.15. The molecule has 0 amide bonds. The van der Waals surface area contributed by atoms with Crippen LogP contribution in [0, 0.1) is 12.7 Å². The lowest BCUT2D eigenvalue weighted by Gasteiger charge is -1.99. The molecule has 1 aromatic heterocycles. The molecule has 0 bridgehead atoms. The molecule has 0 aliphatic rings. The van der Waals surface area contributed by atoms with Crippen molar-refractivity contribution in [3.05, 3.63) is 34.9 Å². The van der Waals surface area contributed by atoms with Gasteiger partial charge in [0.1, 0.15) is 5.82 Å². The van der Waals surface area contributed by atoms with Crippen molar-refractivity contribution in [3.8, 4) is 11.4 Å². The smallest absolute Gasteiger partial charge is 0.218 e. The molecular weight excluding hydrogens is 205 g/mol. The number of nitrogens with zero attached hydrogens (tertiary/aromatic N) is 2. The maximum Gasteiger partial charge on any atom is 0.218 e. The summed E-state index contributed by atoms with van der Waals surface area (Å²) < 4.78 is 12.8. The van der Waals surface area contributed by atoms with Crippen LogP contribution >= 0.6 is 11.6 Å². The van der Waals surface area contributed by atoms with Crippen molar-refractivity contribution in [2.45, 2.75) is 6.92 Å². The molecule has 14 heavy (non-hydrogen) atoms. The summed E-state index contributed by atoms with van der Waals surface area (Å²) >= 11 is 5.59. The summed E-state index contributed by atoms with van der Waals surface area (Å²) in [4.78, 5) is 3.95. The highest BCUT2D eigenvalue weighted by Gasteiger charge is 2.07. The van der Waals surface area contributed by atoms with E-state index in [9.17, 15) is 4.39 Å². The summed E-state index contributed by atoms with van der Waals surface area (Å²) in [6, 6.07) is 4.43. The highest BCUT2D eigenvalue weighted by molar-refractivity contribution is 6.28. The molecule has 0 aliphatic heterocycles. The van der Waals surface area contributed by atoms with Gasteiger partial charge in [0.15, 0.2) is 5.82 Å². The normalized spacial score (nSPS) is 10.5. The Bertz CT molecular complexity index is 467. The molecule has 0 saturated carbocycles. The van der Waals surface area contributed by atoms with Crippen LogP contribution in [0.15, 0.2) is 18.2 Å². The van der Waals surface area contributed by atoms with E-state index in [0.717, 1.165) is 11.1 Å². The highest BCUT2D eigenvalue weighted by atomic mass is 35.5. The first-order chi connectivity index (χ1) is 6.66. The fraction of sp³-hybridized carbons (Fsp3) is 0.111. The number of rotatable bonds is 1. The average molecular weight is 212 g/mol. The first-order valence-electron chi connectivity index (χ1n) is 4.01. The van der Waals surface area contributed by atoms with Gasteiger partial charge in [0.25, 0.3) is 0 Å². The zero-order valence-electron chi connectivity index (χ0n) is 7.38. The van der Waals surface area contributed by atoms with Crippen LogP contribution in [0.5, 0.6) is 0 Å². The Morgan fingerprint density at radius 2 is 2.21 bits per heavy atom. The maximum atomic E-state index is 12.8. The van der Waals surface area contributed by atoms with Crippen LogP contribution in [-0.4, -0.2) is 15.2 Å². The molecular formula is C9H7ClFN3. The summed E-state index contributed by atoms with van der Waals surface area (Å²) in [7, 11) is 0. The maximum absolute atomic E-state index is 12.8. The zero-order valence-corrected chi connectivity index (χ0v) is 8.14. The Hall–Kier alpha value is -1.42. The molecule has 0 atom stereocenters. The SMILES string of the molecule is Cc1cc(F)ccc1-c1n[nH]c(Cl)n1. The van der Waals surface area contributed by atoms with Gasteiger partial charge in [-0.1, -0.05) is 0 Å². The second-order valence-electron chi connectivity index (χ2n) is 2.91. The minimum Gasteiger partial charge on any atom is -0.249 e. The molecule has 0 saturated heterocycles. The van der Waals surface area contributed by atoms with Crippen LogP contribution in [0.25, 0.3) is 11.4 Å². The number of benzene rings is 1. The molecule has 2 aromatic rings. The fourth-order valence-electron chi connectivity index (χ4n) is 1.24. The van der Waals surface area contributed by atoms with Crippen molar-refractivity contribution in [3.63, 3.8) is 0 Å². The number of halogens is 2. The standard InChI is InChI=1S/C9H7ClFN3/c1-5-4-6(11)2-3-7(5)8-12-9(10)14-13-8/h2-4H,1H3,(H,12,13,14). The monoisotopic (exact) mass is 211 g/mol. The van der Waals surface area contributed by atoms with Gasteiger partial charge in [0, 0.05) is 5.56 Å². The van der Waals surface area contributed by atoms with E-state index in [2.05, 4.69) is 15.2 Å². The summed E-state index contributed by atoms with van der Waals surface area (Å²) in [5.74, 6) is 0.209. The third-order valence-corrected chi connectivity index (χ3v) is 2.06. The van der Waals surface area contributed by atoms with E-state index in [0.29, 0.717) is 5.82 Å². The van der Waals surface area contributed by atoms with Gasteiger partial charge < -0.3 is 0 Å². The Labute approximate surface area is 84.9 Å². The molecule has 0 aliphatic carbocycles. The van der Waals surface area contributed by atoms with Crippen LogP contribution in [0.4, 0.5) is 4.39 Å². The Kier molecular flexibility index (Phi) is 2.21. The largest absolute Gasteiger partial charge is 0.249 e. The van der Waals surface area contributed by atoms with Crippen molar-refractivity contribution < 1.29 is 4.39 Å². The fourth-order valence-corrected chi connectivity index (χ4v) is 1.36. The molecule has 0 radical (unpaired) electrons. The quantitative estimate of drug-likeness (QED) is 0.788. The van der Waals surface area contributed by atoms with Gasteiger partial charge in [-0.25, -0.2) is 9.49 Å². The molecule has 1 aromatic carbocycles. The van der Waals surface area contributed by atoms with E-state index in [1.165, 1.54) is 12.1 Å². The topological polar surface area (TPSA) is 41.6 Å². The van der Waals surface area contributed by atoms with Crippen LogP contribution in [0.3, 0.4) is 0 Å². The predicted octanol–water partition coefficient (Wildman–Crippen LogP) is 2.57. The average Bonchev–Trinajstić information content (AvgIpc) is 2.51. The lowest BCUT2D eigenvalue weighted by atomic mass is 10.1. The van der Waals surface area contributed by atoms with Crippen molar-refractivity contribution in [1.82, 2.24) is 15.2 Å². The number of nitrogens with one attached hydrogen (secondary N) is 1. The summed E-state index contributed by atoms with van der Waals surface area (Å²) in [5, 5.41) is 6.63. The van der Waals surface area contributed by atoms with Crippen LogP contribution in [-0.2, 0) is 0 Å². The Morgan fingerprint density at radius 1 is 1.43 bits per heavy atom. The van der Waals surface area contributed by atoms with E-state index in [4.69, 9.17) is 11.6 Å². The second kappa shape index (κ2) is 3.38. The number of hydrogen-bond acceptors (Lipinski definition) is 2. The zero-order chi connectivity index (χ0) is 10.1. The lowest BCUT2D eigenvalue weighted by Crippen LogP contribution is -1.86. The van der Waals surface area contributed by atoms with E-state index >= 15 is 0 Å². The first-order valence-corrected chi connectivity index (χ1v) is 4.39. The summed E-state index contributed by atoms with van der Waals surface area (Å²) in [6.45, 7) is 1.79. The summed E-state index contributed by atoms with van der Waals surface area (Å²) in [5.41, 5.74) is 1.55. The van der Waals surface area contributed by atoms with Crippen LogP contribution < -0.4 is 0 Å². The lowest BCUT2D eigenvalue weighted by molar-refractivity contribution is 0.627. The van der Waals surface area contributed by atoms with Gasteiger partial charge in [-0.3, -0.25) is 0 Å².